The highest BCUT2D eigenvalue weighted by atomic mass is 16.5. The van der Waals surface area contributed by atoms with Crippen molar-refractivity contribution in [3.05, 3.63) is 35.4 Å². The molecule has 2 fully saturated rings. The summed E-state index contributed by atoms with van der Waals surface area (Å²) in [5.74, 6) is 0.142. The number of carbonyl (C=O) groups excluding carboxylic acids is 1. The first-order chi connectivity index (χ1) is 11.2. The van der Waals surface area contributed by atoms with Gasteiger partial charge >= 0.3 is 0 Å². The molecule has 4 heteroatoms. The van der Waals surface area contributed by atoms with Gasteiger partial charge in [0, 0.05) is 30.7 Å². The summed E-state index contributed by atoms with van der Waals surface area (Å²) < 4.78 is 5.54. The number of rotatable bonds is 4. The van der Waals surface area contributed by atoms with Crippen LogP contribution in [0, 0.1) is 5.92 Å². The Balaban J connectivity index is 1.72. The van der Waals surface area contributed by atoms with Gasteiger partial charge in [0.15, 0.2) is 0 Å². The second kappa shape index (κ2) is 7.45. The topological polar surface area (TPSA) is 49.8 Å². The minimum atomic E-state index is -0.353. The first-order valence-corrected chi connectivity index (χ1v) is 8.86. The third-order valence-electron chi connectivity index (χ3n) is 5.16. The van der Waals surface area contributed by atoms with E-state index in [0.29, 0.717) is 19.6 Å². The van der Waals surface area contributed by atoms with Crippen LogP contribution in [0.3, 0.4) is 0 Å². The molecule has 2 saturated heterocycles. The number of ether oxygens (including phenoxy) is 1. The summed E-state index contributed by atoms with van der Waals surface area (Å²) in [5.41, 5.74) is 2.03. The van der Waals surface area contributed by atoms with Crippen LogP contribution < -0.4 is 0 Å². The van der Waals surface area contributed by atoms with Crippen LogP contribution in [0.4, 0.5) is 0 Å². The predicted molar refractivity (Wildman–Crippen MR) is 89.4 cm³/mol. The van der Waals surface area contributed by atoms with Crippen LogP contribution in [-0.4, -0.2) is 47.8 Å². The van der Waals surface area contributed by atoms with Crippen LogP contribution in [0.15, 0.2) is 24.3 Å². The SMILES string of the molecule is CCCc1ccc(C(=O)N2CCC[C@@H]2[C@@H]2COCC[C@@H]2O)cc1. The number of likely N-dealkylation sites (tertiary alicyclic amines) is 1. The fourth-order valence-corrected chi connectivity index (χ4v) is 3.87. The minimum absolute atomic E-state index is 0.0505. The van der Waals surface area contributed by atoms with Gasteiger partial charge in [-0.15, -0.1) is 0 Å². The molecule has 0 aromatic heterocycles. The van der Waals surface area contributed by atoms with E-state index in [0.717, 1.165) is 37.8 Å². The predicted octanol–water partition coefficient (Wildman–Crippen LogP) is 2.64. The number of aliphatic hydroxyl groups is 1. The number of amides is 1. The summed E-state index contributed by atoms with van der Waals surface area (Å²) in [6, 6.07) is 8.10. The Bertz CT molecular complexity index is 528. The molecule has 0 aliphatic carbocycles. The van der Waals surface area contributed by atoms with E-state index in [4.69, 9.17) is 4.74 Å². The fraction of sp³-hybridized carbons (Fsp3) is 0.632. The largest absolute Gasteiger partial charge is 0.393 e. The molecule has 3 atom stereocenters. The van der Waals surface area contributed by atoms with Crippen molar-refractivity contribution in [2.24, 2.45) is 5.92 Å². The molecule has 0 unspecified atom stereocenters. The van der Waals surface area contributed by atoms with Gasteiger partial charge in [-0.1, -0.05) is 25.5 Å². The van der Waals surface area contributed by atoms with E-state index in [1.54, 1.807) is 0 Å². The van der Waals surface area contributed by atoms with Crippen molar-refractivity contribution >= 4 is 5.91 Å². The molecule has 2 heterocycles. The van der Waals surface area contributed by atoms with Crippen LogP contribution in [0.2, 0.25) is 0 Å². The lowest BCUT2D eigenvalue weighted by Gasteiger charge is -2.37. The van der Waals surface area contributed by atoms with Gasteiger partial charge in [0.2, 0.25) is 0 Å². The number of hydrogen-bond acceptors (Lipinski definition) is 3. The Morgan fingerprint density at radius 1 is 1.30 bits per heavy atom. The summed E-state index contributed by atoms with van der Waals surface area (Å²) in [7, 11) is 0. The van der Waals surface area contributed by atoms with Crippen LogP contribution >= 0.6 is 0 Å². The maximum Gasteiger partial charge on any atom is 0.254 e. The van der Waals surface area contributed by atoms with Gasteiger partial charge in [-0.3, -0.25) is 4.79 Å². The molecule has 0 spiro atoms. The molecule has 0 saturated carbocycles. The zero-order chi connectivity index (χ0) is 16.2. The molecular weight excluding hydrogens is 290 g/mol. The molecule has 2 aliphatic rings. The Kier molecular flexibility index (Phi) is 5.34. The molecule has 23 heavy (non-hydrogen) atoms. The number of benzene rings is 1. The van der Waals surface area contributed by atoms with Gasteiger partial charge in [-0.05, 0) is 43.4 Å². The summed E-state index contributed by atoms with van der Waals surface area (Å²) in [4.78, 5) is 14.8. The fourth-order valence-electron chi connectivity index (χ4n) is 3.87. The zero-order valence-corrected chi connectivity index (χ0v) is 13.9. The first kappa shape index (κ1) is 16.5. The van der Waals surface area contributed by atoms with Gasteiger partial charge in [-0.2, -0.15) is 0 Å². The number of hydrogen-bond donors (Lipinski definition) is 1. The molecule has 126 valence electrons. The van der Waals surface area contributed by atoms with Crippen molar-refractivity contribution in [1.82, 2.24) is 4.90 Å². The second-order valence-corrected chi connectivity index (χ2v) is 6.75. The average molecular weight is 317 g/mol. The highest BCUT2D eigenvalue weighted by Crippen LogP contribution is 2.31. The Morgan fingerprint density at radius 3 is 2.78 bits per heavy atom. The van der Waals surface area contributed by atoms with E-state index in [1.807, 2.05) is 17.0 Å². The van der Waals surface area contributed by atoms with Crippen molar-refractivity contribution in [1.29, 1.82) is 0 Å². The Morgan fingerprint density at radius 2 is 2.09 bits per heavy atom. The lowest BCUT2D eigenvalue weighted by atomic mass is 9.89. The van der Waals surface area contributed by atoms with Crippen molar-refractivity contribution < 1.29 is 14.6 Å². The molecule has 2 aliphatic heterocycles. The third-order valence-corrected chi connectivity index (χ3v) is 5.16. The lowest BCUT2D eigenvalue weighted by Crippen LogP contribution is -2.48. The molecule has 1 aromatic rings. The summed E-state index contributed by atoms with van der Waals surface area (Å²) in [6.45, 7) is 4.12. The van der Waals surface area contributed by atoms with Crippen LogP contribution in [0.5, 0.6) is 0 Å². The van der Waals surface area contributed by atoms with Crippen molar-refractivity contribution in [3.63, 3.8) is 0 Å². The maximum atomic E-state index is 12.9. The zero-order valence-electron chi connectivity index (χ0n) is 13.9. The average Bonchev–Trinajstić information content (AvgIpc) is 3.05. The van der Waals surface area contributed by atoms with Gasteiger partial charge in [-0.25, -0.2) is 0 Å². The van der Waals surface area contributed by atoms with Crippen LogP contribution in [-0.2, 0) is 11.2 Å². The number of nitrogens with zero attached hydrogens (tertiary/aromatic N) is 1. The number of carbonyl (C=O) groups is 1. The monoisotopic (exact) mass is 317 g/mol. The summed E-state index contributed by atoms with van der Waals surface area (Å²) in [5, 5.41) is 10.3. The molecule has 0 bridgehead atoms. The van der Waals surface area contributed by atoms with Crippen molar-refractivity contribution in [3.8, 4) is 0 Å². The quantitative estimate of drug-likeness (QED) is 0.929. The molecule has 3 rings (SSSR count). The maximum absolute atomic E-state index is 12.9. The normalized spacial score (nSPS) is 28.1. The molecule has 1 aromatic carbocycles. The van der Waals surface area contributed by atoms with E-state index in [9.17, 15) is 9.90 Å². The molecule has 4 nitrogen and oxygen atoms in total. The van der Waals surface area contributed by atoms with Gasteiger partial charge in [0.05, 0.1) is 12.7 Å². The van der Waals surface area contributed by atoms with E-state index >= 15 is 0 Å². The molecule has 1 N–H and O–H groups in total. The highest BCUT2D eigenvalue weighted by molar-refractivity contribution is 5.94. The minimum Gasteiger partial charge on any atom is -0.393 e. The lowest BCUT2D eigenvalue weighted by molar-refractivity contribution is -0.0589. The van der Waals surface area contributed by atoms with Crippen LogP contribution in [0.25, 0.3) is 0 Å². The van der Waals surface area contributed by atoms with Gasteiger partial charge < -0.3 is 14.7 Å². The Hall–Kier alpha value is -1.39. The molecule has 1 amide bonds. The smallest absolute Gasteiger partial charge is 0.254 e. The van der Waals surface area contributed by atoms with E-state index in [1.165, 1.54) is 5.56 Å². The van der Waals surface area contributed by atoms with E-state index in [2.05, 4.69) is 19.1 Å². The van der Waals surface area contributed by atoms with Crippen molar-refractivity contribution in [2.45, 2.75) is 51.2 Å². The number of aryl methyl sites for hydroxylation is 1. The van der Waals surface area contributed by atoms with Gasteiger partial charge in [0.25, 0.3) is 5.91 Å². The molecule has 0 radical (unpaired) electrons. The third kappa shape index (κ3) is 3.59. The standard InChI is InChI=1S/C19H27NO3/c1-2-4-14-6-8-15(9-7-14)19(22)20-11-3-5-17(20)16-13-23-12-10-18(16)21/h6-9,16-18,21H,2-5,10-13H2,1H3/t16-,17+,18-/m0/s1. The Labute approximate surface area is 138 Å². The summed E-state index contributed by atoms with van der Waals surface area (Å²) in [6.07, 6.45) is 4.45. The number of aliphatic hydroxyl groups excluding tert-OH is 1. The second-order valence-electron chi connectivity index (χ2n) is 6.75. The van der Waals surface area contributed by atoms with E-state index in [-0.39, 0.29) is 24.0 Å². The highest BCUT2D eigenvalue weighted by Gasteiger charge is 2.39. The van der Waals surface area contributed by atoms with E-state index < -0.39 is 0 Å². The summed E-state index contributed by atoms with van der Waals surface area (Å²) >= 11 is 0. The van der Waals surface area contributed by atoms with Crippen molar-refractivity contribution in [2.75, 3.05) is 19.8 Å². The van der Waals surface area contributed by atoms with Gasteiger partial charge in [0.1, 0.15) is 0 Å². The molecular formula is C19H27NO3. The first-order valence-electron chi connectivity index (χ1n) is 8.86. The van der Waals surface area contributed by atoms with Crippen LogP contribution in [0.1, 0.15) is 48.5 Å².